The number of hydrogen-bond acceptors (Lipinski definition) is 5. The average Bonchev–Trinajstić information content (AvgIpc) is 3.30. The fourth-order valence-corrected chi connectivity index (χ4v) is 4.16. The molecule has 7 heteroatoms. The smallest absolute Gasteiger partial charge is 0.361 e. The lowest BCUT2D eigenvalue weighted by Gasteiger charge is -2.25. The minimum atomic E-state index is -0.428. The largest absolute Gasteiger partial charge is 0.461 e. The monoisotopic (exact) mass is 419 g/mol. The highest BCUT2D eigenvalue weighted by atomic mass is 16.5. The third kappa shape index (κ3) is 3.50. The van der Waals surface area contributed by atoms with Gasteiger partial charge >= 0.3 is 5.97 Å². The normalized spacial score (nSPS) is 11.3. The summed E-state index contributed by atoms with van der Waals surface area (Å²) in [6.07, 6.45) is 0. The number of fused-ring (bicyclic) bond motifs is 3. The summed E-state index contributed by atoms with van der Waals surface area (Å²) in [5.74, 6) is -0.428. The summed E-state index contributed by atoms with van der Waals surface area (Å²) in [4.78, 5) is 20.5. The molecular weight excluding hydrogens is 390 g/mol. The van der Waals surface area contributed by atoms with E-state index in [-0.39, 0.29) is 0 Å². The maximum absolute atomic E-state index is 12.8. The average molecular weight is 420 g/mol. The Kier molecular flexibility index (Phi) is 5.59. The molecule has 1 N–H and O–H groups in total. The van der Waals surface area contributed by atoms with Gasteiger partial charge in [0, 0.05) is 31.5 Å². The van der Waals surface area contributed by atoms with Crippen LogP contribution < -0.4 is 9.80 Å². The molecule has 2 aromatic heterocycles. The zero-order valence-corrected chi connectivity index (χ0v) is 18.8. The van der Waals surface area contributed by atoms with Crippen LogP contribution in [0.3, 0.4) is 0 Å². The Bertz CT molecular complexity index is 1240. The van der Waals surface area contributed by atoms with Gasteiger partial charge in [0.2, 0.25) is 0 Å². The predicted octanol–water partition coefficient (Wildman–Crippen LogP) is 4.91. The molecule has 0 saturated carbocycles. The van der Waals surface area contributed by atoms with Gasteiger partial charge in [0.25, 0.3) is 0 Å². The number of H-pyrrole nitrogens is 1. The minimum Gasteiger partial charge on any atom is -0.461 e. The molecule has 0 unspecified atom stereocenters. The van der Waals surface area contributed by atoms with Gasteiger partial charge in [-0.05, 0) is 63.6 Å². The van der Waals surface area contributed by atoms with Crippen LogP contribution in [0.4, 0.5) is 17.1 Å². The zero-order chi connectivity index (χ0) is 22.1. The van der Waals surface area contributed by atoms with E-state index in [9.17, 15) is 4.79 Å². The second-order valence-electron chi connectivity index (χ2n) is 7.52. The Morgan fingerprint density at radius 1 is 1.13 bits per heavy atom. The Hall–Kier alpha value is -3.48. The summed E-state index contributed by atoms with van der Waals surface area (Å²) >= 11 is 0. The van der Waals surface area contributed by atoms with E-state index in [2.05, 4.69) is 54.0 Å². The number of aromatic amines is 1. The van der Waals surface area contributed by atoms with Crippen molar-refractivity contribution in [2.24, 2.45) is 0 Å². The van der Waals surface area contributed by atoms with Crippen molar-refractivity contribution < 1.29 is 9.53 Å². The Morgan fingerprint density at radius 3 is 2.55 bits per heavy atom. The number of aryl methyl sites for hydroxylation is 1. The number of esters is 1. The summed E-state index contributed by atoms with van der Waals surface area (Å²) in [5, 5.41) is 4.63. The third-order valence-electron chi connectivity index (χ3n) is 5.72. The van der Waals surface area contributed by atoms with Crippen LogP contribution in [0.15, 0.2) is 42.5 Å². The molecule has 4 aromatic rings. The second-order valence-corrected chi connectivity index (χ2v) is 7.52. The van der Waals surface area contributed by atoms with Crippen LogP contribution in [-0.2, 0) is 4.74 Å². The number of nitrogens with one attached hydrogen (secondary N) is 1. The molecule has 31 heavy (non-hydrogen) atoms. The highest BCUT2D eigenvalue weighted by molar-refractivity contribution is 6.01. The van der Waals surface area contributed by atoms with Gasteiger partial charge in [0.1, 0.15) is 5.69 Å². The first kappa shape index (κ1) is 20.8. The van der Waals surface area contributed by atoms with E-state index in [1.807, 2.05) is 36.2 Å². The number of hydrogen-bond donors (Lipinski definition) is 1. The standard InChI is InChI=1S/C24H29N5O2/c1-6-28(7-2)17-13-14-19(16(4)15-17)27(5)22-21(24(30)31-8-3)26-29-20-12-10-9-11-18(20)25-23(22)29/h9-15,25H,6-8H2,1-5H3. The Labute approximate surface area is 182 Å². The molecule has 162 valence electrons. The maximum atomic E-state index is 12.8. The first-order valence-electron chi connectivity index (χ1n) is 10.8. The highest BCUT2D eigenvalue weighted by Gasteiger charge is 2.27. The number of anilines is 3. The van der Waals surface area contributed by atoms with Gasteiger partial charge in [-0.25, -0.2) is 9.31 Å². The first-order valence-corrected chi connectivity index (χ1v) is 10.8. The molecule has 4 rings (SSSR count). The van der Waals surface area contributed by atoms with Gasteiger partial charge in [0.05, 0.1) is 17.6 Å². The van der Waals surface area contributed by atoms with Gasteiger partial charge in [-0.2, -0.15) is 5.10 Å². The van der Waals surface area contributed by atoms with Crippen LogP contribution in [0.2, 0.25) is 0 Å². The minimum absolute atomic E-state index is 0.297. The maximum Gasteiger partial charge on any atom is 0.361 e. The molecule has 2 heterocycles. The lowest BCUT2D eigenvalue weighted by atomic mass is 10.1. The Morgan fingerprint density at radius 2 is 1.87 bits per heavy atom. The van der Waals surface area contributed by atoms with E-state index in [4.69, 9.17) is 4.74 Å². The molecule has 0 aliphatic carbocycles. The molecule has 2 aromatic carbocycles. The van der Waals surface area contributed by atoms with Crippen molar-refractivity contribution in [3.8, 4) is 0 Å². The van der Waals surface area contributed by atoms with Crippen molar-refractivity contribution >= 4 is 39.7 Å². The number of carbonyl (C=O) groups excluding carboxylic acids is 1. The number of rotatable bonds is 7. The van der Waals surface area contributed by atoms with E-state index in [0.717, 1.165) is 41.0 Å². The van der Waals surface area contributed by atoms with E-state index in [1.54, 1.807) is 11.4 Å². The third-order valence-corrected chi connectivity index (χ3v) is 5.72. The lowest BCUT2D eigenvalue weighted by Crippen LogP contribution is -2.22. The zero-order valence-electron chi connectivity index (χ0n) is 18.8. The van der Waals surface area contributed by atoms with Crippen LogP contribution in [0.25, 0.3) is 16.7 Å². The fourth-order valence-electron chi connectivity index (χ4n) is 4.16. The molecule has 0 spiro atoms. The van der Waals surface area contributed by atoms with Gasteiger partial charge in [-0.15, -0.1) is 0 Å². The summed E-state index contributed by atoms with van der Waals surface area (Å²) in [7, 11) is 1.96. The lowest BCUT2D eigenvalue weighted by molar-refractivity contribution is 0.0520. The van der Waals surface area contributed by atoms with Crippen molar-refractivity contribution in [1.29, 1.82) is 0 Å². The molecule has 0 radical (unpaired) electrons. The molecule has 0 aliphatic heterocycles. The van der Waals surface area contributed by atoms with Gasteiger partial charge in [-0.1, -0.05) is 12.1 Å². The molecule has 0 fully saturated rings. The molecular formula is C24H29N5O2. The van der Waals surface area contributed by atoms with Gasteiger partial charge < -0.3 is 19.5 Å². The van der Waals surface area contributed by atoms with Crippen molar-refractivity contribution in [3.05, 3.63) is 53.7 Å². The molecule has 0 aliphatic rings. The number of aromatic nitrogens is 3. The van der Waals surface area contributed by atoms with Crippen LogP contribution in [0.1, 0.15) is 36.8 Å². The highest BCUT2D eigenvalue weighted by Crippen LogP contribution is 2.36. The van der Waals surface area contributed by atoms with E-state index in [1.165, 1.54) is 5.69 Å². The molecule has 0 amide bonds. The SMILES string of the molecule is CCOC(=O)c1nn2c([nH]c3ccccc32)c1N(C)c1ccc(N(CC)CC)cc1C. The van der Waals surface area contributed by atoms with Crippen molar-refractivity contribution in [1.82, 2.24) is 14.6 Å². The van der Waals surface area contributed by atoms with Gasteiger partial charge in [-0.3, -0.25) is 0 Å². The van der Waals surface area contributed by atoms with E-state index >= 15 is 0 Å². The number of para-hydroxylation sites is 2. The number of nitrogens with zero attached hydrogens (tertiary/aromatic N) is 4. The van der Waals surface area contributed by atoms with Crippen molar-refractivity contribution in [3.63, 3.8) is 0 Å². The van der Waals surface area contributed by atoms with Crippen molar-refractivity contribution in [2.75, 3.05) is 36.5 Å². The summed E-state index contributed by atoms with van der Waals surface area (Å²) in [6.45, 7) is 10.4. The molecule has 0 atom stereocenters. The van der Waals surface area contributed by atoms with E-state index in [0.29, 0.717) is 18.0 Å². The second kappa shape index (κ2) is 8.34. The van der Waals surface area contributed by atoms with Gasteiger partial charge in [0.15, 0.2) is 11.3 Å². The summed E-state index contributed by atoms with van der Waals surface area (Å²) in [6, 6.07) is 14.3. The molecule has 0 saturated heterocycles. The van der Waals surface area contributed by atoms with E-state index < -0.39 is 5.97 Å². The van der Waals surface area contributed by atoms with Crippen LogP contribution in [0, 0.1) is 6.92 Å². The van der Waals surface area contributed by atoms with Crippen LogP contribution >= 0.6 is 0 Å². The number of imidazole rings is 1. The first-order chi connectivity index (χ1) is 15.0. The topological polar surface area (TPSA) is 65.9 Å². The van der Waals surface area contributed by atoms with Crippen LogP contribution in [-0.4, -0.2) is 47.3 Å². The Balaban J connectivity index is 1.87. The molecule has 0 bridgehead atoms. The quantitative estimate of drug-likeness (QED) is 0.431. The van der Waals surface area contributed by atoms with Crippen molar-refractivity contribution in [2.45, 2.75) is 27.7 Å². The predicted molar refractivity (Wildman–Crippen MR) is 126 cm³/mol. The number of benzene rings is 2. The molecule has 7 nitrogen and oxygen atoms in total. The summed E-state index contributed by atoms with van der Waals surface area (Å²) < 4.78 is 7.10. The number of carbonyl (C=O) groups is 1. The number of ether oxygens (including phenoxy) is 1. The summed E-state index contributed by atoms with van der Waals surface area (Å²) in [5.41, 5.74) is 6.96. The fraction of sp³-hybridized carbons (Fsp3) is 0.333. The van der Waals surface area contributed by atoms with Crippen LogP contribution in [0.5, 0.6) is 0 Å².